The van der Waals surface area contributed by atoms with Crippen LogP contribution in [0.1, 0.15) is 32.8 Å². The highest BCUT2D eigenvalue weighted by Crippen LogP contribution is 2.22. The predicted octanol–water partition coefficient (Wildman–Crippen LogP) is 1.82. The first-order chi connectivity index (χ1) is 9.26. The van der Waals surface area contributed by atoms with E-state index in [4.69, 9.17) is 5.73 Å². The van der Waals surface area contributed by atoms with Crippen molar-refractivity contribution >= 4 is 17.6 Å². The number of methoxy groups -OCH3 is 1. The Morgan fingerprint density at radius 3 is 2.35 bits per heavy atom. The van der Waals surface area contributed by atoms with Gasteiger partial charge in [0, 0.05) is 11.6 Å². The van der Waals surface area contributed by atoms with Gasteiger partial charge in [-0.2, -0.15) is 0 Å². The Morgan fingerprint density at radius 1 is 1.30 bits per heavy atom. The first-order valence-electron chi connectivity index (χ1n) is 6.51. The molecule has 0 aliphatic rings. The first kappa shape index (κ1) is 16.0. The number of benzene rings is 1. The monoisotopic (exact) mass is 278 g/mol. The molecule has 0 aliphatic carbocycles. The van der Waals surface area contributed by atoms with E-state index in [1.165, 1.54) is 7.11 Å². The second kappa shape index (κ2) is 6.41. The molecular weight excluding hydrogens is 256 g/mol. The molecule has 0 aromatic heterocycles. The van der Waals surface area contributed by atoms with Gasteiger partial charge in [0.25, 0.3) is 0 Å². The summed E-state index contributed by atoms with van der Waals surface area (Å²) in [6, 6.07) is 7.34. The van der Waals surface area contributed by atoms with Crippen LogP contribution in [-0.4, -0.2) is 19.0 Å². The molecule has 0 heterocycles. The molecule has 1 aromatic carbocycles. The maximum absolute atomic E-state index is 12.1. The lowest BCUT2D eigenvalue weighted by Gasteiger charge is -2.28. The van der Waals surface area contributed by atoms with Gasteiger partial charge in [0.1, 0.15) is 0 Å². The van der Waals surface area contributed by atoms with Crippen molar-refractivity contribution in [3.63, 3.8) is 0 Å². The van der Waals surface area contributed by atoms with Crippen LogP contribution < -0.4 is 11.1 Å². The fraction of sp³-hybridized carbons (Fsp3) is 0.467. The average molecular weight is 278 g/mol. The molecule has 0 fully saturated rings. The molecule has 0 saturated heterocycles. The molecule has 0 bridgehead atoms. The molecule has 5 nitrogen and oxygen atoms in total. The molecule has 1 aromatic rings. The summed E-state index contributed by atoms with van der Waals surface area (Å²) in [7, 11) is 1.31. The van der Waals surface area contributed by atoms with Crippen LogP contribution in [0.4, 0.5) is 5.69 Å². The van der Waals surface area contributed by atoms with Crippen molar-refractivity contribution in [1.82, 2.24) is 5.32 Å². The summed E-state index contributed by atoms with van der Waals surface area (Å²) < 4.78 is 4.57. The molecule has 1 atom stereocenters. The van der Waals surface area contributed by atoms with Crippen molar-refractivity contribution in [3.8, 4) is 0 Å². The number of ether oxygens (including phenoxy) is 1. The highest BCUT2D eigenvalue weighted by Gasteiger charge is 2.26. The summed E-state index contributed by atoms with van der Waals surface area (Å²) in [6.07, 6.45) is 0.0696. The number of anilines is 1. The zero-order chi connectivity index (χ0) is 15.3. The number of nitrogen functional groups attached to an aromatic ring is 1. The minimum absolute atomic E-state index is 0.0696. The number of hydrogen-bond donors (Lipinski definition) is 2. The molecule has 110 valence electrons. The number of rotatable bonds is 5. The highest BCUT2D eigenvalue weighted by molar-refractivity contribution is 5.84. The van der Waals surface area contributed by atoms with Crippen molar-refractivity contribution in [2.24, 2.45) is 5.92 Å². The zero-order valence-corrected chi connectivity index (χ0v) is 12.4. The van der Waals surface area contributed by atoms with Crippen LogP contribution in [0.15, 0.2) is 24.3 Å². The summed E-state index contributed by atoms with van der Waals surface area (Å²) >= 11 is 0. The number of carbonyl (C=O) groups is 2. The Bertz CT molecular complexity index is 480. The van der Waals surface area contributed by atoms with E-state index in [-0.39, 0.29) is 12.3 Å². The maximum atomic E-state index is 12.1. The number of esters is 1. The Hall–Kier alpha value is -2.04. The molecule has 1 amide bonds. The van der Waals surface area contributed by atoms with Gasteiger partial charge in [-0.25, -0.2) is 0 Å². The molecule has 0 aliphatic heterocycles. The van der Waals surface area contributed by atoms with E-state index in [0.717, 1.165) is 5.56 Å². The molecule has 0 radical (unpaired) electrons. The van der Waals surface area contributed by atoms with Crippen LogP contribution >= 0.6 is 0 Å². The average Bonchev–Trinajstić information content (AvgIpc) is 2.38. The zero-order valence-electron chi connectivity index (χ0n) is 12.4. The predicted molar refractivity (Wildman–Crippen MR) is 77.8 cm³/mol. The van der Waals surface area contributed by atoms with Crippen molar-refractivity contribution in [3.05, 3.63) is 29.8 Å². The smallest absolute Gasteiger partial charge is 0.306 e. The summed E-state index contributed by atoms with van der Waals surface area (Å²) in [6.45, 7) is 5.51. The second-order valence-corrected chi connectivity index (χ2v) is 5.42. The topological polar surface area (TPSA) is 81.4 Å². The molecule has 0 spiro atoms. The number of carbonyl (C=O) groups excluding carboxylic acids is 2. The van der Waals surface area contributed by atoms with Crippen molar-refractivity contribution < 1.29 is 14.3 Å². The summed E-state index contributed by atoms with van der Waals surface area (Å²) in [5.41, 5.74) is 6.74. The third-order valence-corrected chi connectivity index (χ3v) is 3.22. The Labute approximate surface area is 119 Å². The fourth-order valence-electron chi connectivity index (χ4n) is 1.83. The van der Waals surface area contributed by atoms with Crippen LogP contribution in [-0.2, 0) is 19.9 Å². The Kier molecular flexibility index (Phi) is 5.13. The van der Waals surface area contributed by atoms with Crippen LogP contribution in [0.3, 0.4) is 0 Å². The number of hydrogen-bond acceptors (Lipinski definition) is 4. The molecule has 3 N–H and O–H groups in total. The highest BCUT2D eigenvalue weighted by atomic mass is 16.5. The SMILES string of the molecule is COC(=O)CC(C)C(=O)NC(C)(C)c1ccc(N)cc1. The van der Waals surface area contributed by atoms with Gasteiger partial charge >= 0.3 is 5.97 Å². The van der Waals surface area contributed by atoms with Crippen LogP contribution in [0, 0.1) is 5.92 Å². The van der Waals surface area contributed by atoms with E-state index >= 15 is 0 Å². The lowest BCUT2D eigenvalue weighted by atomic mass is 9.93. The van der Waals surface area contributed by atoms with E-state index in [2.05, 4.69) is 10.1 Å². The minimum Gasteiger partial charge on any atom is -0.469 e. The van der Waals surface area contributed by atoms with E-state index in [9.17, 15) is 9.59 Å². The lowest BCUT2D eigenvalue weighted by molar-refractivity contribution is -0.144. The van der Waals surface area contributed by atoms with E-state index < -0.39 is 17.4 Å². The van der Waals surface area contributed by atoms with Crippen LogP contribution in [0.2, 0.25) is 0 Å². The summed E-state index contributed by atoms with van der Waals surface area (Å²) in [5.74, 6) is -1.01. The normalized spacial score (nSPS) is 12.6. The molecule has 20 heavy (non-hydrogen) atoms. The molecule has 5 heteroatoms. The first-order valence-corrected chi connectivity index (χ1v) is 6.51. The third kappa shape index (κ3) is 4.26. The molecule has 1 unspecified atom stereocenters. The van der Waals surface area contributed by atoms with Gasteiger partial charge in [0.2, 0.25) is 5.91 Å². The minimum atomic E-state index is -0.533. The van der Waals surface area contributed by atoms with Gasteiger partial charge in [-0.3, -0.25) is 9.59 Å². The number of nitrogens with one attached hydrogen (secondary N) is 1. The van der Waals surface area contributed by atoms with Gasteiger partial charge in [0.05, 0.1) is 19.1 Å². The van der Waals surface area contributed by atoms with E-state index in [1.807, 2.05) is 26.0 Å². The quantitative estimate of drug-likeness (QED) is 0.636. The van der Waals surface area contributed by atoms with Crippen molar-refractivity contribution in [2.45, 2.75) is 32.7 Å². The number of nitrogens with two attached hydrogens (primary N) is 1. The standard InChI is InChI=1S/C15H22N2O3/c1-10(9-13(18)20-4)14(19)17-15(2,3)11-5-7-12(16)8-6-11/h5-8,10H,9,16H2,1-4H3,(H,17,19). The van der Waals surface area contributed by atoms with Gasteiger partial charge in [0.15, 0.2) is 0 Å². The van der Waals surface area contributed by atoms with E-state index in [0.29, 0.717) is 5.69 Å². The van der Waals surface area contributed by atoms with Crippen LogP contribution in [0.25, 0.3) is 0 Å². The molecule has 0 saturated carbocycles. The second-order valence-electron chi connectivity index (χ2n) is 5.42. The molecule has 1 rings (SSSR count). The fourth-order valence-corrected chi connectivity index (χ4v) is 1.83. The van der Waals surface area contributed by atoms with E-state index in [1.54, 1.807) is 19.1 Å². The van der Waals surface area contributed by atoms with Crippen LogP contribution in [0.5, 0.6) is 0 Å². The summed E-state index contributed by atoms with van der Waals surface area (Å²) in [4.78, 5) is 23.3. The third-order valence-electron chi connectivity index (χ3n) is 3.22. The molecular formula is C15H22N2O3. The van der Waals surface area contributed by atoms with Gasteiger partial charge in [-0.15, -0.1) is 0 Å². The summed E-state index contributed by atoms with van der Waals surface area (Å²) in [5, 5.41) is 2.93. The Morgan fingerprint density at radius 2 is 1.85 bits per heavy atom. The van der Waals surface area contributed by atoms with Gasteiger partial charge in [-0.05, 0) is 31.5 Å². The largest absolute Gasteiger partial charge is 0.469 e. The maximum Gasteiger partial charge on any atom is 0.306 e. The Balaban J connectivity index is 2.72. The van der Waals surface area contributed by atoms with Crippen molar-refractivity contribution in [1.29, 1.82) is 0 Å². The van der Waals surface area contributed by atoms with Gasteiger partial charge in [-0.1, -0.05) is 19.1 Å². The van der Waals surface area contributed by atoms with Gasteiger partial charge < -0.3 is 15.8 Å². The van der Waals surface area contributed by atoms with Crippen molar-refractivity contribution in [2.75, 3.05) is 12.8 Å². The number of amides is 1. The lowest BCUT2D eigenvalue weighted by Crippen LogP contribution is -2.43.